The molecule has 0 aromatic heterocycles. The molecule has 1 heterocycles. The number of rotatable bonds is 2. The highest BCUT2D eigenvalue weighted by atomic mass is 79.9. The summed E-state index contributed by atoms with van der Waals surface area (Å²) >= 11 is 3.53. The first kappa shape index (κ1) is 12.7. The number of ether oxygens (including phenoxy) is 2. The summed E-state index contributed by atoms with van der Waals surface area (Å²) in [4.78, 5) is 0. The maximum Gasteiger partial charge on any atom is 0.133 e. The molecule has 1 unspecified atom stereocenters. The van der Waals surface area contributed by atoms with E-state index in [0.29, 0.717) is 0 Å². The van der Waals surface area contributed by atoms with Crippen LogP contribution in [0.3, 0.4) is 0 Å². The normalized spacial score (nSPS) is 17.9. The van der Waals surface area contributed by atoms with E-state index >= 15 is 0 Å². The van der Waals surface area contributed by atoms with Crippen molar-refractivity contribution in [3.05, 3.63) is 63.6 Å². The smallest absolute Gasteiger partial charge is 0.133 e. The highest BCUT2D eigenvalue weighted by molar-refractivity contribution is 9.10. The lowest BCUT2D eigenvalue weighted by atomic mass is 9.93. The zero-order valence-electron chi connectivity index (χ0n) is 10.7. The van der Waals surface area contributed by atoms with E-state index in [1.807, 2.05) is 6.07 Å². The van der Waals surface area contributed by atoms with Crippen LogP contribution in [0.25, 0.3) is 0 Å². The third-order valence-corrected chi connectivity index (χ3v) is 4.09. The van der Waals surface area contributed by atoms with Crippen molar-refractivity contribution in [1.29, 1.82) is 0 Å². The first-order valence-corrected chi connectivity index (χ1v) is 7.12. The van der Waals surface area contributed by atoms with Gasteiger partial charge in [0.15, 0.2) is 0 Å². The second kappa shape index (κ2) is 5.35. The van der Waals surface area contributed by atoms with Crippen LogP contribution < -0.4 is 4.74 Å². The van der Waals surface area contributed by atoms with E-state index in [4.69, 9.17) is 9.47 Å². The predicted octanol–water partition coefficient (Wildman–Crippen LogP) is 4.12. The van der Waals surface area contributed by atoms with Crippen molar-refractivity contribution in [3.63, 3.8) is 0 Å². The van der Waals surface area contributed by atoms with E-state index in [1.54, 1.807) is 7.11 Å². The van der Waals surface area contributed by atoms with Gasteiger partial charge in [-0.25, -0.2) is 0 Å². The maximum atomic E-state index is 5.96. The van der Waals surface area contributed by atoms with Gasteiger partial charge in [0, 0.05) is 0 Å². The van der Waals surface area contributed by atoms with Gasteiger partial charge in [0.25, 0.3) is 0 Å². The lowest BCUT2D eigenvalue weighted by molar-refractivity contribution is 0.0698. The number of benzene rings is 2. The topological polar surface area (TPSA) is 18.5 Å². The average Bonchev–Trinajstić information content (AvgIpc) is 2.46. The Bertz CT molecular complexity index is 595. The van der Waals surface area contributed by atoms with Crippen LogP contribution in [-0.4, -0.2) is 13.7 Å². The monoisotopic (exact) mass is 318 g/mol. The Labute approximate surface area is 121 Å². The maximum absolute atomic E-state index is 5.96. The molecule has 0 aliphatic carbocycles. The highest BCUT2D eigenvalue weighted by Gasteiger charge is 2.22. The van der Waals surface area contributed by atoms with Gasteiger partial charge in [-0.3, -0.25) is 0 Å². The van der Waals surface area contributed by atoms with Crippen LogP contribution in [-0.2, 0) is 11.2 Å². The Morgan fingerprint density at radius 2 is 2.05 bits per heavy atom. The Balaban J connectivity index is 2.02. The van der Waals surface area contributed by atoms with Crippen LogP contribution in [0.2, 0.25) is 0 Å². The largest absolute Gasteiger partial charge is 0.496 e. The van der Waals surface area contributed by atoms with E-state index in [1.165, 1.54) is 11.1 Å². The van der Waals surface area contributed by atoms with Gasteiger partial charge in [-0.2, -0.15) is 0 Å². The van der Waals surface area contributed by atoms with E-state index in [0.717, 1.165) is 28.8 Å². The van der Waals surface area contributed by atoms with Crippen molar-refractivity contribution in [1.82, 2.24) is 0 Å². The van der Waals surface area contributed by atoms with Crippen molar-refractivity contribution >= 4 is 15.9 Å². The fraction of sp³-hybridized carbons (Fsp3) is 0.250. The van der Waals surface area contributed by atoms with Crippen LogP contribution in [0.5, 0.6) is 5.75 Å². The molecule has 1 aliphatic heterocycles. The summed E-state index contributed by atoms with van der Waals surface area (Å²) < 4.78 is 12.2. The molecule has 3 rings (SSSR count). The Morgan fingerprint density at radius 1 is 1.21 bits per heavy atom. The first-order valence-electron chi connectivity index (χ1n) is 6.32. The molecule has 1 atom stereocenters. The Kier molecular flexibility index (Phi) is 3.58. The standard InChI is InChI=1S/C16H15BrO2/c1-18-15-7-6-12(10-14(15)17)16-13-5-3-2-4-11(13)8-9-19-16/h2-7,10,16H,8-9H2,1H3. The molecule has 2 nitrogen and oxygen atoms in total. The summed E-state index contributed by atoms with van der Waals surface area (Å²) in [5.74, 6) is 0.841. The molecule has 0 N–H and O–H groups in total. The molecule has 0 spiro atoms. The summed E-state index contributed by atoms with van der Waals surface area (Å²) in [5.41, 5.74) is 3.80. The van der Waals surface area contributed by atoms with Crippen molar-refractivity contribution in [3.8, 4) is 5.75 Å². The lowest BCUT2D eigenvalue weighted by Crippen LogP contribution is -2.17. The van der Waals surface area contributed by atoms with E-state index in [-0.39, 0.29) is 6.10 Å². The van der Waals surface area contributed by atoms with Crippen LogP contribution >= 0.6 is 15.9 Å². The van der Waals surface area contributed by atoms with Gasteiger partial charge in [-0.1, -0.05) is 30.3 Å². The molecule has 0 bridgehead atoms. The fourth-order valence-corrected chi connectivity index (χ4v) is 3.07. The second-order valence-corrected chi connectivity index (χ2v) is 5.45. The van der Waals surface area contributed by atoms with E-state index in [9.17, 15) is 0 Å². The number of halogens is 1. The van der Waals surface area contributed by atoms with Gasteiger partial charge >= 0.3 is 0 Å². The molecule has 2 aromatic carbocycles. The van der Waals surface area contributed by atoms with Crippen LogP contribution in [0.1, 0.15) is 22.8 Å². The molecule has 3 heteroatoms. The molecule has 0 saturated carbocycles. The summed E-state index contributed by atoms with van der Waals surface area (Å²) in [6, 6.07) is 14.6. The Morgan fingerprint density at radius 3 is 2.84 bits per heavy atom. The third kappa shape index (κ3) is 2.40. The van der Waals surface area contributed by atoms with Crippen LogP contribution in [0.15, 0.2) is 46.9 Å². The molecule has 0 saturated heterocycles. The molecule has 0 radical (unpaired) electrons. The molecule has 0 fully saturated rings. The van der Waals surface area contributed by atoms with Gasteiger partial charge in [0.1, 0.15) is 11.9 Å². The zero-order chi connectivity index (χ0) is 13.2. The molecule has 2 aromatic rings. The predicted molar refractivity (Wildman–Crippen MR) is 78.6 cm³/mol. The number of hydrogen-bond acceptors (Lipinski definition) is 2. The van der Waals surface area contributed by atoms with Crippen LogP contribution in [0.4, 0.5) is 0 Å². The lowest BCUT2D eigenvalue weighted by Gasteiger charge is -2.26. The van der Waals surface area contributed by atoms with Crippen molar-refractivity contribution < 1.29 is 9.47 Å². The summed E-state index contributed by atoms with van der Waals surface area (Å²) in [5, 5.41) is 0. The molecular weight excluding hydrogens is 304 g/mol. The number of fused-ring (bicyclic) bond motifs is 1. The second-order valence-electron chi connectivity index (χ2n) is 4.59. The Hall–Kier alpha value is -1.32. The van der Waals surface area contributed by atoms with E-state index in [2.05, 4.69) is 52.3 Å². The molecule has 0 amide bonds. The molecule has 19 heavy (non-hydrogen) atoms. The molecular formula is C16H15BrO2. The van der Waals surface area contributed by atoms with Gasteiger partial charge in [0.05, 0.1) is 18.2 Å². The first-order chi connectivity index (χ1) is 9.29. The SMILES string of the molecule is COc1ccc(C2OCCc3ccccc32)cc1Br. The number of hydrogen-bond donors (Lipinski definition) is 0. The van der Waals surface area contributed by atoms with Crippen molar-refractivity contribution in [2.24, 2.45) is 0 Å². The summed E-state index contributed by atoms with van der Waals surface area (Å²) in [6.07, 6.45) is 1.01. The fourth-order valence-electron chi connectivity index (χ4n) is 2.52. The van der Waals surface area contributed by atoms with E-state index < -0.39 is 0 Å². The number of methoxy groups -OCH3 is 1. The zero-order valence-corrected chi connectivity index (χ0v) is 12.3. The quantitative estimate of drug-likeness (QED) is 0.829. The minimum atomic E-state index is 0.0205. The minimum Gasteiger partial charge on any atom is -0.496 e. The van der Waals surface area contributed by atoms with Crippen molar-refractivity contribution in [2.45, 2.75) is 12.5 Å². The van der Waals surface area contributed by atoms with Gasteiger partial charge < -0.3 is 9.47 Å². The molecule has 1 aliphatic rings. The van der Waals surface area contributed by atoms with Crippen molar-refractivity contribution in [2.75, 3.05) is 13.7 Å². The summed E-state index contributed by atoms with van der Waals surface area (Å²) in [7, 11) is 1.67. The average molecular weight is 319 g/mol. The van der Waals surface area contributed by atoms with Gasteiger partial charge in [-0.15, -0.1) is 0 Å². The highest BCUT2D eigenvalue weighted by Crippen LogP contribution is 2.35. The minimum absolute atomic E-state index is 0.0205. The summed E-state index contributed by atoms with van der Waals surface area (Å²) in [6.45, 7) is 0.769. The third-order valence-electron chi connectivity index (χ3n) is 3.47. The van der Waals surface area contributed by atoms with Crippen LogP contribution in [0, 0.1) is 0 Å². The van der Waals surface area contributed by atoms with Gasteiger partial charge in [0.2, 0.25) is 0 Å². The van der Waals surface area contributed by atoms with Gasteiger partial charge in [-0.05, 0) is 51.2 Å². The molecule has 98 valence electrons.